The first-order chi connectivity index (χ1) is 16.4. The maximum atomic E-state index is 13.1. The van der Waals surface area contributed by atoms with Gasteiger partial charge in [0.15, 0.2) is 11.5 Å². The monoisotopic (exact) mass is 456 g/mol. The minimum atomic E-state index is -0.821. The number of anilines is 1. The van der Waals surface area contributed by atoms with Crippen LogP contribution in [0.1, 0.15) is 21.5 Å². The van der Waals surface area contributed by atoms with Crippen LogP contribution < -0.4 is 19.7 Å². The van der Waals surface area contributed by atoms with Gasteiger partial charge in [-0.3, -0.25) is 14.9 Å². The lowest BCUT2D eigenvalue weighted by Gasteiger charge is -2.26. The van der Waals surface area contributed by atoms with E-state index in [0.29, 0.717) is 16.8 Å². The lowest BCUT2D eigenvalue weighted by atomic mass is 10.1. The van der Waals surface area contributed by atoms with Crippen LogP contribution >= 0.6 is 0 Å². The molecule has 4 amide bonds. The molecule has 0 atom stereocenters. The molecule has 1 heterocycles. The molecule has 8 nitrogen and oxygen atoms in total. The predicted octanol–water partition coefficient (Wildman–Crippen LogP) is 3.89. The standard InChI is InChI=1S/C26H20N2O6/c1-16-7-6-10-19(13-16)28-24(30)20(23(29)27-26(28)32)14-17-11-12-21(22(15-17)33-2)34-25(31)18-8-4-3-5-9-18/h3-15H,1-2H3,(H,27,29,32)/b20-14+. The summed E-state index contributed by atoms with van der Waals surface area (Å²) >= 11 is 0. The number of benzene rings is 3. The van der Waals surface area contributed by atoms with Crippen molar-refractivity contribution in [1.82, 2.24) is 5.32 Å². The number of urea groups is 1. The molecule has 1 aliphatic heterocycles. The zero-order valence-electron chi connectivity index (χ0n) is 18.4. The van der Waals surface area contributed by atoms with Gasteiger partial charge in [0, 0.05) is 0 Å². The van der Waals surface area contributed by atoms with Crippen molar-refractivity contribution in [3.05, 3.63) is 95.1 Å². The van der Waals surface area contributed by atoms with Crippen molar-refractivity contribution in [1.29, 1.82) is 0 Å². The second kappa shape index (κ2) is 9.41. The van der Waals surface area contributed by atoms with Crippen molar-refractivity contribution in [2.24, 2.45) is 0 Å². The topological polar surface area (TPSA) is 102 Å². The molecule has 1 aliphatic rings. The Morgan fingerprint density at radius 1 is 0.912 bits per heavy atom. The molecule has 1 saturated heterocycles. The molecule has 3 aromatic rings. The Labute approximate surface area is 195 Å². The summed E-state index contributed by atoms with van der Waals surface area (Å²) in [5, 5.41) is 2.19. The first-order valence-electron chi connectivity index (χ1n) is 10.3. The molecule has 170 valence electrons. The lowest BCUT2D eigenvalue weighted by Crippen LogP contribution is -2.54. The Balaban J connectivity index is 1.63. The molecule has 34 heavy (non-hydrogen) atoms. The first kappa shape index (κ1) is 22.5. The van der Waals surface area contributed by atoms with Crippen LogP contribution in [0.15, 0.2) is 78.4 Å². The molecular formula is C26H20N2O6. The number of hydrogen-bond donors (Lipinski definition) is 1. The molecule has 0 saturated carbocycles. The maximum Gasteiger partial charge on any atom is 0.343 e. The highest BCUT2D eigenvalue weighted by atomic mass is 16.6. The van der Waals surface area contributed by atoms with Crippen LogP contribution in [-0.4, -0.2) is 30.9 Å². The summed E-state index contributed by atoms with van der Waals surface area (Å²) in [5.41, 5.74) is 1.79. The molecule has 1 fully saturated rings. The van der Waals surface area contributed by atoms with E-state index in [4.69, 9.17) is 9.47 Å². The number of barbiturate groups is 1. The third-order valence-corrected chi connectivity index (χ3v) is 5.07. The SMILES string of the molecule is COc1cc(/C=C2\C(=O)NC(=O)N(c3cccc(C)c3)C2=O)ccc1OC(=O)c1ccccc1. The fraction of sp³-hybridized carbons (Fsp3) is 0.0769. The molecule has 1 N–H and O–H groups in total. The molecule has 0 aromatic heterocycles. The smallest absolute Gasteiger partial charge is 0.343 e. The summed E-state index contributed by atoms with van der Waals surface area (Å²) in [5.74, 6) is -1.71. The van der Waals surface area contributed by atoms with Crippen LogP contribution in [0, 0.1) is 6.92 Å². The number of carbonyl (C=O) groups is 4. The number of nitrogens with one attached hydrogen (secondary N) is 1. The fourth-order valence-corrected chi connectivity index (χ4v) is 3.42. The number of ether oxygens (including phenoxy) is 2. The number of carbonyl (C=O) groups excluding carboxylic acids is 4. The van der Waals surface area contributed by atoms with E-state index < -0.39 is 23.8 Å². The number of esters is 1. The molecule has 0 aliphatic carbocycles. The second-order valence-corrected chi connectivity index (χ2v) is 7.46. The molecular weight excluding hydrogens is 436 g/mol. The summed E-state index contributed by atoms with van der Waals surface area (Å²) in [4.78, 5) is 51.1. The van der Waals surface area contributed by atoms with Gasteiger partial charge in [0.2, 0.25) is 0 Å². The Morgan fingerprint density at radius 3 is 2.38 bits per heavy atom. The van der Waals surface area contributed by atoms with Gasteiger partial charge in [-0.2, -0.15) is 0 Å². The second-order valence-electron chi connectivity index (χ2n) is 7.46. The van der Waals surface area contributed by atoms with E-state index in [9.17, 15) is 19.2 Å². The Hall–Kier alpha value is -4.72. The van der Waals surface area contributed by atoms with Crippen LogP contribution in [0.3, 0.4) is 0 Å². The average molecular weight is 456 g/mol. The lowest BCUT2D eigenvalue weighted by molar-refractivity contribution is -0.122. The normalized spacial score (nSPS) is 14.7. The molecule has 0 bridgehead atoms. The maximum absolute atomic E-state index is 13.1. The van der Waals surface area contributed by atoms with E-state index in [1.165, 1.54) is 25.3 Å². The predicted molar refractivity (Wildman–Crippen MR) is 125 cm³/mol. The van der Waals surface area contributed by atoms with Gasteiger partial charge in [-0.25, -0.2) is 14.5 Å². The highest BCUT2D eigenvalue weighted by Crippen LogP contribution is 2.30. The summed E-state index contributed by atoms with van der Waals surface area (Å²) < 4.78 is 10.8. The van der Waals surface area contributed by atoms with Crippen LogP contribution in [-0.2, 0) is 9.59 Å². The van der Waals surface area contributed by atoms with Gasteiger partial charge in [0.05, 0.1) is 18.4 Å². The highest BCUT2D eigenvalue weighted by molar-refractivity contribution is 6.39. The fourth-order valence-electron chi connectivity index (χ4n) is 3.42. The van der Waals surface area contributed by atoms with E-state index in [1.54, 1.807) is 54.6 Å². The largest absolute Gasteiger partial charge is 0.493 e. The summed E-state index contributed by atoms with van der Waals surface area (Å²) in [7, 11) is 1.41. The van der Waals surface area contributed by atoms with Gasteiger partial charge in [0.25, 0.3) is 11.8 Å². The number of nitrogens with zero attached hydrogens (tertiary/aromatic N) is 1. The number of methoxy groups -OCH3 is 1. The first-order valence-corrected chi connectivity index (χ1v) is 10.3. The number of rotatable bonds is 5. The van der Waals surface area contributed by atoms with Gasteiger partial charge in [-0.05, 0) is 60.5 Å². The molecule has 3 aromatic carbocycles. The number of imide groups is 2. The van der Waals surface area contributed by atoms with Gasteiger partial charge >= 0.3 is 12.0 Å². The van der Waals surface area contributed by atoms with Crippen molar-refractivity contribution in [2.75, 3.05) is 12.0 Å². The van der Waals surface area contributed by atoms with E-state index in [0.717, 1.165) is 10.5 Å². The van der Waals surface area contributed by atoms with Gasteiger partial charge in [-0.15, -0.1) is 0 Å². The molecule has 8 heteroatoms. The number of amides is 4. The van der Waals surface area contributed by atoms with Gasteiger partial charge in [-0.1, -0.05) is 36.4 Å². The molecule has 0 spiro atoms. The minimum Gasteiger partial charge on any atom is -0.493 e. The molecule has 4 rings (SSSR count). The third kappa shape index (κ3) is 4.56. The van der Waals surface area contributed by atoms with Gasteiger partial charge < -0.3 is 9.47 Å². The molecule has 0 radical (unpaired) electrons. The van der Waals surface area contributed by atoms with E-state index in [-0.39, 0.29) is 17.1 Å². The summed E-state index contributed by atoms with van der Waals surface area (Å²) in [6.45, 7) is 1.83. The zero-order chi connectivity index (χ0) is 24.2. The Morgan fingerprint density at radius 2 is 1.68 bits per heavy atom. The van der Waals surface area contributed by atoms with Crippen molar-refractivity contribution in [3.8, 4) is 11.5 Å². The molecule has 0 unspecified atom stereocenters. The highest BCUT2D eigenvalue weighted by Gasteiger charge is 2.36. The zero-order valence-corrected chi connectivity index (χ0v) is 18.4. The minimum absolute atomic E-state index is 0.175. The quantitative estimate of drug-likeness (QED) is 0.271. The van der Waals surface area contributed by atoms with Crippen LogP contribution in [0.5, 0.6) is 11.5 Å². The van der Waals surface area contributed by atoms with Gasteiger partial charge in [0.1, 0.15) is 5.57 Å². The Bertz CT molecular complexity index is 1330. The van der Waals surface area contributed by atoms with Crippen molar-refractivity contribution in [3.63, 3.8) is 0 Å². The van der Waals surface area contributed by atoms with E-state index in [1.807, 2.05) is 13.0 Å². The average Bonchev–Trinajstić information content (AvgIpc) is 2.83. The van der Waals surface area contributed by atoms with Crippen LogP contribution in [0.2, 0.25) is 0 Å². The van der Waals surface area contributed by atoms with Crippen molar-refractivity contribution >= 4 is 35.6 Å². The van der Waals surface area contributed by atoms with Crippen LogP contribution in [0.4, 0.5) is 10.5 Å². The third-order valence-electron chi connectivity index (χ3n) is 5.07. The number of aryl methyl sites for hydroxylation is 1. The Kier molecular flexibility index (Phi) is 6.22. The van der Waals surface area contributed by atoms with E-state index in [2.05, 4.69) is 5.32 Å². The summed E-state index contributed by atoms with van der Waals surface area (Å²) in [6, 6.07) is 19.1. The van der Waals surface area contributed by atoms with Crippen molar-refractivity contribution < 1.29 is 28.7 Å². The van der Waals surface area contributed by atoms with Crippen LogP contribution in [0.25, 0.3) is 6.08 Å². The van der Waals surface area contributed by atoms with Crippen molar-refractivity contribution in [2.45, 2.75) is 6.92 Å². The van der Waals surface area contributed by atoms with E-state index >= 15 is 0 Å². The number of hydrogen-bond acceptors (Lipinski definition) is 6. The summed E-state index contributed by atoms with van der Waals surface area (Å²) in [6.07, 6.45) is 1.35.